The zero-order valence-electron chi connectivity index (χ0n) is 7.29. The summed E-state index contributed by atoms with van der Waals surface area (Å²) in [4.78, 5) is 0. The number of furan rings is 1. The van der Waals surface area contributed by atoms with Crippen LogP contribution in [0.25, 0.3) is 11.0 Å². The van der Waals surface area contributed by atoms with Gasteiger partial charge in [0.2, 0.25) is 0 Å². The Hall–Kier alpha value is -1.24. The summed E-state index contributed by atoms with van der Waals surface area (Å²) in [6.07, 6.45) is 2.00. The van der Waals surface area contributed by atoms with Crippen LogP contribution in [0.5, 0.6) is 0 Å². The van der Waals surface area contributed by atoms with Crippen molar-refractivity contribution in [2.45, 2.75) is 13.8 Å². The Kier molecular flexibility index (Phi) is 1.65. The number of hydrogen-bond acceptors (Lipinski definition) is 1. The van der Waals surface area contributed by atoms with Crippen molar-refractivity contribution in [3.63, 3.8) is 0 Å². The van der Waals surface area contributed by atoms with Gasteiger partial charge in [0.15, 0.2) is 0 Å². The zero-order valence-corrected chi connectivity index (χ0v) is 7.29. The van der Waals surface area contributed by atoms with E-state index in [1.54, 1.807) is 0 Å². The lowest BCUT2D eigenvalue weighted by Crippen LogP contribution is -1.74. The van der Waals surface area contributed by atoms with Gasteiger partial charge < -0.3 is 4.42 Å². The highest BCUT2D eigenvalue weighted by molar-refractivity contribution is 5.82. The maximum absolute atomic E-state index is 5.59. The Morgan fingerprint density at radius 1 is 1.25 bits per heavy atom. The van der Waals surface area contributed by atoms with Gasteiger partial charge in [0, 0.05) is 11.8 Å². The maximum Gasteiger partial charge on any atom is 0.134 e. The molecule has 0 aliphatic carbocycles. The van der Waals surface area contributed by atoms with Crippen LogP contribution in [0, 0.1) is 13.3 Å². The van der Waals surface area contributed by atoms with Crippen molar-refractivity contribution in [2.24, 2.45) is 0 Å². The zero-order chi connectivity index (χ0) is 8.55. The van der Waals surface area contributed by atoms with Gasteiger partial charge in [-0.1, -0.05) is 25.1 Å². The fraction of sp³-hybridized carbons (Fsp3) is 0.182. The van der Waals surface area contributed by atoms with Crippen LogP contribution in [-0.2, 0) is 0 Å². The van der Waals surface area contributed by atoms with E-state index < -0.39 is 0 Å². The van der Waals surface area contributed by atoms with Gasteiger partial charge in [-0.05, 0) is 18.6 Å². The fourth-order valence-electron chi connectivity index (χ4n) is 1.47. The Balaban J connectivity index is 2.78. The van der Waals surface area contributed by atoms with Crippen LogP contribution in [0.4, 0.5) is 0 Å². The summed E-state index contributed by atoms with van der Waals surface area (Å²) >= 11 is 0. The number of aryl methyl sites for hydroxylation is 1. The highest BCUT2D eigenvalue weighted by atomic mass is 16.3. The molecule has 1 heteroatoms. The molecule has 1 nitrogen and oxygen atoms in total. The highest BCUT2D eigenvalue weighted by Gasteiger charge is 2.06. The van der Waals surface area contributed by atoms with Crippen molar-refractivity contribution in [3.8, 4) is 0 Å². The van der Waals surface area contributed by atoms with Crippen LogP contribution in [0.15, 0.2) is 28.7 Å². The summed E-state index contributed by atoms with van der Waals surface area (Å²) in [5.41, 5.74) is 2.20. The molecule has 0 spiro atoms. The smallest absolute Gasteiger partial charge is 0.134 e. The number of rotatable bonds is 1. The lowest BCUT2D eigenvalue weighted by Gasteiger charge is -1.88. The first-order valence-corrected chi connectivity index (χ1v) is 4.10. The molecule has 0 aliphatic rings. The molecular formula is C11H11O. The minimum atomic E-state index is 0.975. The molecule has 12 heavy (non-hydrogen) atoms. The van der Waals surface area contributed by atoms with E-state index >= 15 is 0 Å². The minimum absolute atomic E-state index is 0.975. The predicted molar refractivity (Wildman–Crippen MR) is 50.0 cm³/mol. The topological polar surface area (TPSA) is 13.1 Å². The number of hydrogen-bond donors (Lipinski definition) is 0. The molecule has 0 fully saturated rings. The summed E-state index contributed by atoms with van der Waals surface area (Å²) in [7, 11) is 0. The second-order valence-electron chi connectivity index (χ2n) is 2.88. The van der Waals surface area contributed by atoms with Crippen LogP contribution in [0.3, 0.4) is 0 Å². The molecule has 2 rings (SSSR count). The quantitative estimate of drug-likeness (QED) is 0.622. The summed E-state index contributed by atoms with van der Waals surface area (Å²) < 4.78 is 5.59. The first-order valence-electron chi connectivity index (χ1n) is 4.10. The molecule has 0 saturated carbocycles. The minimum Gasteiger partial charge on any atom is -0.460 e. The molecule has 0 unspecified atom stereocenters. The van der Waals surface area contributed by atoms with Crippen LogP contribution in [0.2, 0.25) is 0 Å². The first-order chi connectivity index (χ1) is 5.83. The SMILES string of the molecule is C[CH]c1oc2ccccc2c1C. The third-order valence-corrected chi connectivity index (χ3v) is 2.14. The normalized spacial score (nSPS) is 10.8. The molecule has 1 aromatic heterocycles. The first kappa shape index (κ1) is 7.41. The molecule has 1 heterocycles. The largest absolute Gasteiger partial charge is 0.460 e. The third kappa shape index (κ3) is 0.934. The molecule has 1 radical (unpaired) electrons. The van der Waals surface area contributed by atoms with Crippen molar-refractivity contribution in [1.82, 2.24) is 0 Å². The summed E-state index contributed by atoms with van der Waals surface area (Å²) in [6.45, 7) is 4.08. The molecule has 0 saturated heterocycles. The molecule has 0 bridgehead atoms. The van der Waals surface area contributed by atoms with Gasteiger partial charge in [-0.2, -0.15) is 0 Å². The van der Waals surface area contributed by atoms with Crippen molar-refractivity contribution >= 4 is 11.0 Å². The van der Waals surface area contributed by atoms with Crippen LogP contribution < -0.4 is 0 Å². The number of para-hydroxylation sites is 1. The van der Waals surface area contributed by atoms with Crippen molar-refractivity contribution in [2.75, 3.05) is 0 Å². The Labute approximate surface area is 72.0 Å². The predicted octanol–water partition coefficient (Wildman–Crippen LogP) is 3.31. The van der Waals surface area contributed by atoms with Gasteiger partial charge in [-0.25, -0.2) is 0 Å². The Bertz CT molecular complexity index is 398. The molecule has 0 atom stereocenters. The van der Waals surface area contributed by atoms with Crippen LogP contribution in [-0.4, -0.2) is 0 Å². The molecule has 1 aromatic carbocycles. The Morgan fingerprint density at radius 2 is 2.00 bits per heavy atom. The summed E-state index contributed by atoms with van der Waals surface area (Å²) in [5.74, 6) is 0.983. The molecule has 0 aliphatic heterocycles. The molecular weight excluding hydrogens is 148 g/mol. The van der Waals surface area contributed by atoms with Gasteiger partial charge >= 0.3 is 0 Å². The average Bonchev–Trinajstić information content (AvgIpc) is 2.44. The van der Waals surface area contributed by atoms with E-state index in [4.69, 9.17) is 4.42 Å². The Morgan fingerprint density at radius 3 is 2.67 bits per heavy atom. The maximum atomic E-state index is 5.59. The molecule has 61 valence electrons. The van der Waals surface area contributed by atoms with Gasteiger partial charge in [0.1, 0.15) is 11.3 Å². The monoisotopic (exact) mass is 159 g/mol. The fourth-order valence-corrected chi connectivity index (χ4v) is 1.47. The van der Waals surface area contributed by atoms with E-state index in [9.17, 15) is 0 Å². The van der Waals surface area contributed by atoms with E-state index in [2.05, 4.69) is 13.0 Å². The molecule has 2 aromatic rings. The van der Waals surface area contributed by atoms with Crippen molar-refractivity contribution in [3.05, 3.63) is 42.0 Å². The second kappa shape index (κ2) is 2.67. The standard InChI is InChI=1S/C11H11O/c1-3-10-8(2)9-6-4-5-7-11(9)12-10/h3-7H,1-2H3. The van der Waals surface area contributed by atoms with Crippen LogP contribution >= 0.6 is 0 Å². The third-order valence-electron chi connectivity index (χ3n) is 2.14. The van der Waals surface area contributed by atoms with Gasteiger partial charge in [0.25, 0.3) is 0 Å². The van der Waals surface area contributed by atoms with Crippen molar-refractivity contribution < 1.29 is 4.42 Å². The van der Waals surface area contributed by atoms with Gasteiger partial charge in [-0.15, -0.1) is 0 Å². The highest BCUT2D eigenvalue weighted by Crippen LogP contribution is 2.25. The van der Waals surface area contributed by atoms with E-state index in [1.807, 2.05) is 31.5 Å². The second-order valence-corrected chi connectivity index (χ2v) is 2.88. The summed E-state index contributed by atoms with van der Waals surface area (Å²) in [6, 6.07) is 8.10. The lowest BCUT2D eigenvalue weighted by atomic mass is 10.1. The van der Waals surface area contributed by atoms with Gasteiger partial charge in [0.05, 0.1) is 0 Å². The molecule has 0 N–H and O–H groups in total. The van der Waals surface area contributed by atoms with E-state index in [1.165, 1.54) is 10.9 Å². The van der Waals surface area contributed by atoms with E-state index in [0.29, 0.717) is 0 Å². The lowest BCUT2D eigenvalue weighted by molar-refractivity contribution is 0.582. The van der Waals surface area contributed by atoms with E-state index in [0.717, 1.165) is 11.3 Å². The number of benzene rings is 1. The van der Waals surface area contributed by atoms with Crippen LogP contribution in [0.1, 0.15) is 18.2 Å². The molecule has 0 amide bonds. The average molecular weight is 159 g/mol. The van der Waals surface area contributed by atoms with Crippen molar-refractivity contribution in [1.29, 1.82) is 0 Å². The van der Waals surface area contributed by atoms with Gasteiger partial charge in [-0.3, -0.25) is 0 Å². The van der Waals surface area contributed by atoms with E-state index in [-0.39, 0.29) is 0 Å². The number of fused-ring (bicyclic) bond motifs is 1. The summed E-state index contributed by atoms with van der Waals surface area (Å²) in [5, 5.41) is 1.21.